The summed E-state index contributed by atoms with van der Waals surface area (Å²) in [5.74, 6) is -9.65. The Morgan fingerprint density at radius 2 is 1.04 bits per heavy atom. The average Bonchev–Trinajstić information content (AvgIpc) is 3.00. The zero-order valence-electron chi connectivity index (χ0n) is 29.6. The molecule has 6 atom stereocenters. The SMILES string of the molecule is CC(C)C[C@H](NC(=O)[C@H](CC(=O)O)NC(=O)[C@H](CC(N)=O)NC(=O)[C@@H](NC(=O)[C@@H](NC(=O)[C@H](C)Cc1ccccc1)C(C)C)C(C)C)C(=O)O. The van der Waals surface area contributed by atoms with E-state index in [1.807, 2.05) is 30.3 Å². The maximum Gasteiger partial charge on any atom is 0.326 e. The van der Waals surface area contributed by atoms with Crippen LogP contribution in [0.1, 0.15) is 73.3 Å². The number of nitrogens with one attached hydrogen (secondary N) is 5. The number of hydrogen-bond acceptors (Lipinski definition) is 8. The van der Waals surface area contributed by atoms with Crippen molar-refractivity contribution in [3.63, 3.8) is 0 Å². The van der Waals surface area contributed by atoms with Gasteiger partial charge in [0.25, 0.3) is 0 Å². The molecule has 0 bridgehead atoms. The van der Waals surface area contributed by atoms with Crippen molar-refractivity contribution in [2.45, 2.75) is 104 Å². The molecule has 0 unspecified atom stereocenters. The topological polar surface area (TPSA) is 263 Å². The van der Waals surface area contributed by atoms with Gasteiger partial charge in [0.1, 0.15) is 30.2 Å². The lowest BCUT2D eigenvalue weighted by Crippen LogP contribution is -2.61. The minimum absolute atomic E-state index is 0.0194. The lowest BCUT2D eigenvalue weighted by Gasteiger charge is -2.29. The van der Waals surface area contributed by atoms with Crippen molar-refractivity contribution in [2.24, 2.45) is 29.4 Å². The van der Waals surface area contributed by atoms with E-state index in [0.29, 0.717) is 6.42 Å². The largest absolute Gasteiger partial charge is 0.481 e. The summed E-state index contributed by atoms with van der Waals surface area (Å²) in [5, 5.41) is 30.9. The summed E-state index contributed by atoms with van der Waals surface area (Å²) in [6, 6.07) is 2.20. The molecule has 278 valence electrons. The number of carbonyl (C=O) groups is 8. The Kier molecular flexibility index (Phi) is 17.6. The molecular weight excluding hydrogens is 652 g/mol. The third-order valence-electron chi connectivity index (χ3n) is 7.70. The quantitative estimate of drug-likeness (QED) is 0.0854. The fourth-order valence-corrected chi connectivity index (χ4v) is 4.96. The van der Waals surface area contributed by atoms with Gasteiger partial charge in [-0.15, -0.1) is 0 Å². The Morgan fingerprint density at radius 1 is 0.600 bits per heavy atom. The van der Waals surface area contributed by atoms with Crippen LogP contribution in [-0.2, 0) is 44.8 Å². The van der Waals surface area contributed by atoms with Gasteiger partial charge in [0.15, 0.2) is 0 Å². The highest BCUT2D eigenvalue weighted by molar-refractivity contribution is 5.98. The van der Waals surface area contributed by atoms with E-state index in [1.165, 1.54) is 0 Å². The van der Waals surface area contributed by atoms with Gasteiger partial charge < -0.3 is 42.5 Å². The van der Waals surface area contributed by atoms with Crippen LogP contribution in [0.4, 0.5) is 0 Å². The van der Waals surface area contributed by atoms with Crippen LogP contribution in [0.2, 0.25) is 0 Å². The van der Waals surface area contributed by atoms with Gasteiger partial charge in [-0.3, -0.25) is 33.6 Å². The van der Waals surface area contributed by atoms with Crippen LogP contribution in [0, 0.1) is 23.7 Å². The van der Waals surface area contributed by atoms with Crippen molar-refractivity contribution in [3.8, 4) is 0 Å². The molecule has 1 rings (SSSR count). The fourth-order valence-electron chi connectivity index (χ4n) is 4.96. The lowest BCUT2D eigenvalue weighted by atomic mass is 9.97. The van der Waals surface area contributed by atoms with Crippen molar-refractivity contribution in [1.29, 1.82) is 0 Å². The van der Waals surface area contributed by atoms with Gasteiger partial charge >= 0.3 is 11.9 Å². The zero-order valence-corrected chi connectivity index (χ0v) is 29.6. The van der Waals surface area contributed by atoms with Gasteiger partial charge in [-0.05, 0) is 36.2 Å². The normalized spacial score (nSPS) is 14.8. The molecule has 16 nitrogen and oxygen atoms in total. The average molecular weight is 705 g/mol. The molecule has 0 aliphatic carbocycles. The van der Waals surface area contributed by atoms with Gasteiger partial charge in [0.05, 0.1) is 12.8 Å². The number of aliphatic carboxylic acids is 2. The van der Waals surface area contributed by atoms with E-state index in [1.54, 1.807) is 48.5 Å². The molecule has 0 aromatic heterocycles. The zero-order chi connectivity index (χ0) is 38.3. The number of rotatable bonds is 21. The molecule has 1 aromatic rings. The first-order chi connectivity index (χ1) is 23.2. The first-order valence-corrected chi connectivity index (χ1v) is 16.5. The predicted octanol–water partition coefficient (Wildman–Crippen LogP) is 0.0820. The number of amides is 6. The third kappa shape index (κ3) is 15.0. The second-order valence-corrected chi connectivity index (χ2v) is 13.5. The predicted molar refractivity (Wildman–Crippen MR) is 182 cm³/mol. The molecule has 0 spiro atoms. The summed E-state index contributed by atoms with van der Waals surface area (Å²) in [7, 11) is 0. The highest BCUT2D eigenvalue weighted by atomic mass is 16.4. The summed E-state index contributed by atoms with van der Waals surface area (Å²) in [4.78, 5) is 101. The first-order valence-electron chi connectivity index (χ1n) is 16.5. The minimum atomic E-state index is -1.78. The second-order valence-electron chi connectivity index (χ2n) is 13.5. The molecule has 0 fully saturated rings. The van der Waals surface area contributed by atoms with Crippen LogP contribution < -0.4 is 32.3 Å². The molecule has 9 N–H and O–H groups in total. The van der Waals surface area contributed by atoms with E-state index in [4.69, 9.17) is 5.73 Å². The number of carboxylic acids is 2. The van der Waals surface area contributed by atoms with E-state index >= 15 is 0 Å². The first kappa shape index (κ1) is 43.0. The number of nitrogens with two attached hydrogens (primary N) is 1. The van der Waals surface area contributed by atoms with Crippen molar-refractivity contribution in [2.75, 3.05) is 0 Å². The van der Waals surface area contributed by atoms with Crippen LogP contribution in [0.5, 0.6) is 0 Å². The maximum absolute atomic E-state index is 13.5. The van der Waals surface area contributed by atoms with Crippen LogP contribution in [0.3, 0.4) is 0 Å². The standard InChI is InChI=1S/C34H52N6O10/c1-17(2)13-24(34(49)50)38-31(46)23(16-26(42)43)36-30(45)22(15-25(35)41)37-32(47)27(18(3)4)40-33(48)28(19(5)6)39-29(44)20(7)14-21-11-9-8-10-12-21/h8-12,17-20,22-24,27-28H,13-16H2,1-7H3,(H2,35,41)(H,36,45)(H,37,47)(H,38,46)(H,39,44)(H,40,48)(H,42,43)(H,49,50)/t20-,22+,23+,24+,27+,28+/m1/s1. The molecule has 0 aliphatic heterocycles. The molecule has 0 saturated heterocycles. The summed E-state index contributed by atoms with van der Waals surface area (Å²) < 4.78 is 0. The molecule has 50 heavy (non-hydrogen) atoms. The van der Waals surface area contributed by atoms with Crippen molar-refractivity contribution in [3.05, 3.63) is 35.9 Å². The number of primary amides is 1. The molecule has 16 heteroatoms. The monoisotopic (exact) mass is 704 g/mol. The van der Waals surface area contributed by atoms with E-state index in [2.05, 4.69) is 26.6 Å². The highest BCUT2D eigenvalue weighted by Crippen LogP contribution is 2.12. The van der Waals surface area contributed by atoms with E-state index in [9.17, 15) is 48.6 Å². The summed E-state index contributed by atoms with van der Waals surface area (Å²) in [6.45, 7) is 11.8. The van der Waals surface area contributed by atoms with Crippen molar-refractivity contribution in [1.82, 2.24) is 26.6 Å². The van der Waals surface area contributed by atoms with Gasteiger partial charge in [-0.1, -0.05) is 78.8 Å². The minimum Gasteiger partial charge on any atom is -0.481 e. The summed E-state index contributed by atoms with van der Waals surface area (Å²) >= 11 is 0. The number of benzene rings is 1. The smallest absolute Gasteiger partial charge is 0.326 e. The van der Waals surface area contributed by atoms with E-state index in [-0.39, 0.29) is 24.2 Å². The number of hydrogen-bond donors (Lipinski definition) is 8. The number of carbonyl (C=O) groups excluding carboxylic acids is 6. The highest BCUT2D eigenvalue weighted by Gasteiger charge is 2.35. The number of carboxylic acid groups (broad SMARTS) is 2. The van der Waals surface area contributed by atoms with Gasteiger partial charge in [0, 0.05) is 5.92 Å². The lowest BCUT2D eigenvalue weighted by molar-refractivity contribution is -0.144. The molecule has 0 radical (unpaired) electrons. The molecular formula is C34H52N6O10. The van der Waals surface area contributed by atoms with Crippen LogP contribution in [-0.4, -0.2) is 87.8 Å². The van der Waals surface area contributed by atoms with Gasteiger partial charge in [0.2, 0.25) is 35.4 Å². The molecule has 6 amide bonds. The Bertz CT molecular complexity index is 1370. The van der Waals surface area contributed by atoms with Gasteiger partial charge in [-0.2, -0.15) is 0 Å². The third-order valence-corrected chi connectivity index (χ3v) is 7.70. The van der Waals surface area contributed by atoms with Crippen molar-refractivity contribution < 1.29 is 48.6 Å². The Morgan fingerprint density at radius 3 is 1.48 bits per heavy atom. The van der Waals surface area contributed by atoms with Crippen molar-refractivity contribution >= 4 is 47.4 Å². The van der Waals surface area contributed by atoms with E-state index in [0.717, 1.165) is 5.56 Å². The Labute approximate surface area is 292 Å². The Hall–Kier alpha value is -5.02. The fraction of sp³-hybridized carbons (Fsp3) is 0.588. The van der Waals surface area contributed by atoms with Crippen LogP contribution in [0.25, 0.3) is 0 Å². The Balaban J connectivity index is 3.14. The second kappa shape index (κ2) is 20.5. The van der Waals surface area contributed by atoms with Crippen LogP contribution >= 0.6 is 0 Å². The maximum atomic E-state index is 13.5. The summed E-state index contributed by atoms with van der Waals surface area (Å²) in [5.41, 5.74) is 6.26. The van der Waals surface area contributed by atoms with Gasteiger partial charge in [-0.25, -0.2) is 4.79 Å². The molecule has 0 saturated carbocycles. The molecule has 0 aliphatic rings. The molecule has 0 heterocycles. The van der Waals surface area contributed by atoms with E-state index < -0.39 is 96.4 Å². The summed E-state index contributed by atoms with van der Waals surface area (Å²) in [6.07, 6.45) is -1.25. The molecule has 1 aromatic carbocycles. The van der Waals surface area contributed by atoms with Crippen LogP contribution in [0.15, 0.2) is 30.3 Å².